The summed E-state index contributed by atoms with van der Waals surface area (Å²) in [6.07, 6.45) is 4.12. The van der Waals surface area contributed by atoms with Crippen LogP contribution in [0.5, 0.6) is 17.2 Å². The van der Waals surface area contributed by atoms with E-state index in [1.54, 1.807) is 11.9 Å². The lowest BCUT2D eigenvalue weighted by atomic mass is 9.88. The number of tetrazole rings is 1. The van der Waals surface area contributed by atoms with Gasteiger partial charge >= 0.3 is 0 Å². The molecule has 10 heteroatoms. The van der Waals surface area contributed by atoms with E-state index < -0.39 is 0 Å². The van der Waals surface area contributed by atoms with Crippen molar-refractivity contribution in [3.05, 3.63) is 95.8 Å². The zero-order chi connectivity index (χ0) is 29.5. The van der Waals surface area contributed by atoms with E-state index in [1.165, 1.54) is 11.9 Å². The van der Waals surface area contributed by atoms with Gasteiger partial charge in [-0.2, -0.15) is 4.80 Å². The zero-order valence-electron chi connectivity index (χ0n) is 24.8. The van der Waals surface area contributed by atoms with Crippen molar-refractivity contribution in [2.24, 2.45) is 0 Å². The van der Waals surface area contributed by atoms with Crippen molar-refractivity contribution in [2.75, 3.05) is 46.6 Å². The molecule has 1 aliphatic heterocycles. The fourth-order valence-corrected chi connectivity index (χ4v) is 5.27. The van der Waals surface area contributed by atoms with Gasteiger partial charge in [0.1, 0.15) is 23.9 Å². The Morgan fingerprint density at radius 2 is 1.67 bits per heavy atom. The van der Waals surface area contributed by atoms with E-state index in [0.717, 1.165) is 60.7 Å². The molecule has 5 rings (SSSR count). The first kappa shape index (κ1) is 30.5. The largest absolute Gasteiger partial charge is 0.496 e. The van der Waals surface area contributed by atoms with Crippen LogP contribution in [0.15, 0.2) is 79.1 Å². The van der Waals surface area contributed by atoms with Gasteiger partial charge in [0, 0.05) is 24.4 Å². The number of para-hydroxylation sites is 2. The first-order chi connectivity index (χ1) is 21.3. The monoisotopic (exact) mass is 587 g/mol. The molecule has 1 unspecified atom stereocenters. The summed E-state index contributed by atoms with van der Waals surface area (Å²) in [5, 5.41) is 15.2. The maximum Gasteiger partial charge on any atom is 0.162 e. The van der Waals surface area contributed by atoms with Gasteiger partial charge in [-0.3, -0.25) is 0 Å². The molecule has 10 nitrogen and oxygen atoms in total. The highest BCUT2D eigenvalue weighted by molar-refractivity contribution is 5.34. The second-order valence-corrected chi connectivity index (χ2v) is 10.4. The van der Waals surface area contributed by atoms with E-state index in [0.29, 0.717) is 45.5 Å². The van der Waals surface area contributed by atoms with Gasteiger partial charge in [-0.15, -0.1) is 10.2 Å². The summed E-state index contributed by atoms with van der Waals surface area (Å²) in [5.74, 6) is 2.90. The van der Waals surface area contributed by atoms with Crippen molar-refractivity contribution in [1.29, 1.82) is 0 Å². The van der Waals surface area contributed by atoms with E-state index in [2.05, 4.69) is 51.1 Å². The van der Waals surface area contributed by atoms with Gasteiger partial charge in [-0.05, 0) is 60.0 Å². The maximum atomic E-state index is 6.34. The molecule has 0 aliphatic carbocycles. The number of ether oxygens (including phenoxy) is 5. The standard InChI is InChI=1S/C33H41N5O5/c1-39-31-9-4-3-8-28(31)24-40-19-6-20-41-29-13-11-26(12-14-29)30-15-17-34-23-33(30)43-22-21-42-32-10-5-2-7-27(32)16-18-38-36-25-35-37-38/h2-5,7-14,25,30,33-34H,6,15-24H2,1H3/t30-,33?/m1/s1. The lowest BCUT2D eigenvalue weighted by Gasteiger charge is -2.32. The van der Waals surface area contributed by atoms with Crippen LogP contribution in [0.25, 0.3) is 0 Å². The normalized spacial score (nSPS) is 16.6. The number of nitrogens with one attached hydrogen (secondary N) is 1. The molecular formula is C33H41N5O5. The van der Waals surface area contributed by atoms with E-state index in [1.807, 2.05) is 42.5 Å². The molecule has 1 aromatic heterocycles. The molecule has 0 amide bonds. The molecule has 0 radical (unpaired) electrons. The Balaban J connectivity index is 1.02. The van der Waals surface area contributed by atoms with Gasteiger partial charge in [0.2, 0.25) is 0 Å². The van der Waals surface area contributed by atoms with E-state index in [4.69, 9.17) is 23.7 Å². The van der Waals surface area contributed by atoms with Gasteiger partial charge in [-0.25, -0.2) is 0 Å². The topological polar surface area (TPSA) is 102 Å². The molecule has 2 atom stereocenters. The van der Waals surface area contributed by atoms with Crippen LogP contribution in [0, 0.1) is 0 Å². The van der Waals surface area contributed by atoms with Crippen molar-refractivity contribution < 1.29 is 23.7 Å². The van der Waals surface area contributed by atoms with Crippen molar-refractivity contribution >= 4 is 0 Å². The quantitative estimate of drug-likeness (QED) is 0.180. The van der Waals surface area contributed by atoms with Gasteiger partial charge in [-0.1, -0.05) is 48.5 Å². The Bertz CT molecular complexity index is 1350. The lowest BCUT2D eigenvalue weighted by Crippen LogP contribution is -2.41. The van der Waals surface area contributed by atoms with Crippen molar-refractivity contribution in [2.45, 2.75) is 44.4 Å². The van der Waals surface area contributed by atoms with Gasteiger partial charge in [0.05, 0.1) is 46.2 Å². The molecule has 1 N–H and O–H groups in total. The predicted molar refractivity (Wildman–Crippen MR) is 163 cm³/mol. The molecule has 1 saturated heterocycles. The minimum atomic E-state index is 0.0816. The molecule has 228 valence electrons. The second kappa shape index (κ2) is 16.6. The number of hydrogen-bond donors (Lipinski definition) is 1. The van der Waals surface area contributed by atoms with Crippen LogP contribution >= 0.6 is 0 Å². The molecule has 4 aromatic rings. The predicted octanol–water partition coefficient (Wildman–Crippen LogP) is 4.45. The Morgan fingerprint density at radius 3 is 2.49 bits per heavy atom. The summed E-state index contributed by atoms with van der Waals surface area (Å²) in [5.41, 5.74) is 3.43. The highest BCUT2D eigenvalue weighted by atomic mass is 16.5. The van der Waals surface area contributed by atoms with Gasteiger partial charge in [0.25, 0.3) is 0 Å². The summed E-state index contributed by atoms with van der Waals surface area (Å²) in [6, 6.07) is 24.4. The Hall–Kier alpha value is -3.99. The summed E-state index contributed by atoms with van der Waals surface area (Å²) in [7, 11) is 1.68. The maximum absolute atomic E-state index is 6.34. The highest BCUT2D eigenvalue weighted by Crippen LogP contribution is 2.29. The number of benzene rings is 3. The van der Waals surface area contributed by atoms with Crippen LogP contribution in [-0.2, 0) is 29.0 Å². The number of aryl methyl sites for hydroxylation is 2. The van der Waals surface area contributed by atoms with Crippen molar-refractivity contribution in [1.82, 2.24) is 25.5 Å². The molecule has 1 aliphatic rings. The van der Waals surface area contributed by atoms with Crippen LogP contribution < -0.4 is 19.5 Å². The highest BCUT2D eigenvalue weighted by Gasteiger charge is 2.27. The van der Waals surface area contributed by atoms with Crippen molar-refractivity contribution in [3.63, 3.8) is 0 Å². The molecule has 0 spiro atoms. The number of aromatic nitrogens is 4. The molecular weight excluding hydrogens is 546 g/mol. The van der Waals surface area contributed by atoms with Gasteiger partial charge < -0.3 is 29.0 Å². The third kappa shape index (κ3) is 9.25. The minimum absolute atomic E-state index is 0.0816. The molecule has 3 aromatic carbocycles. The number of hydrogen-bond acceptors (Lipinski definition) is 9. The number of piperidine rings is 1. The van der Waals surface area contributed by atoms with Crippen molar-refractivity contribution in [3.8, 4) is 17.2 Å². The fraction of sp³-hybridized carbons (Fsp3) is 0.424. The molecule has 43 heavy (non-hydrogen) atoms. The third-order valence-electron chi connectivity index (χ3n) is 7.50. The van der Waals surface area contributed by atoms with Crippen LogP contribution in [-0.4, -0.2) is 72.9 Å². The smallest absolute Gasteiger partial charge is 0.162 e. The van der Waals surface area contributed by atoms with E-state index in [-0.39, 0.29) is 6.10 Å². The molecule has 0 saturated carbocycles. The van der Waals surface area contributed by atoms with Crippen LogP contribution in [0.1, 0.15) is 35.4 Å². The fourth-order valence-electron chi connectivity index (χ4n) is 5.27. The number of methoxy groups -OCH3 is 1. The summed E-state index contributed by atoms with van der Waals surface area (Å²) in [4.78, 5) is 1.58. The van der Waals surface area contributed by atoms with Crippen LogP contribution in [0.2, 0.25) is 0 Å². The second-order valence-electron chi connectivity index (χ2n) is 10.4. The lowest BCUT2D eigenvalue weighted by molar-refractivity contribution is 0.00720. The summed E-state index contributed by atoms with van der Waals surface area (Å²) >= 11 is 0. The Morgan fingerprint density at radius 1 is 0.860 bits per heavy atom. The van der Waals surface area contributed by atoms with Crippen LogP contribution in [0.3, 0.4) is 0 Å². The number of nitrogens with zero attached hydrogens (tertiary/aromatic N) is 4. The SMILES string of the molecule is COc1ccccc1COCCCOc1ccc([C@H]2CCNCC2OCCOc2ccccc2CCn2ncnn2)cc1. The first-order valence-electron chi connectivity index (χ1n) is 15.0. The minimum Gasteiger partial charge on any atom is -0.496 e. The summed E-state index contributed by atoms with van der Waals surface area (Å²) < 4.78 is 29.6. The Kier molecular flexibility index (Phi) is 11.8. The molecule has 1 fully saturated rings. The third-order valence-corrected chi connectivity index (χ3v) is 7.50. The molecule has 0 bridgehead atoms. The van der Waals surface area contributed by atoms with Crippen LogP contribution in [0.4, 0.5) is 0 Å². The first-order valence-corrected chi connectivity index (χ1v) is 15.0. The van der Waals surface area contributed by atoms with E-state index >= 15 is 0 Å². The Labute approximate surface area is 253 Å². The number of rotatable bonds is 17. The van der Waals surface area contributed by atoms with Gasteiger partial charge in [0.15, 0.2) is 6.33 Å². The molecule has 2 heterocycles. The zero-order valence-corrected chi connectivity index (χ0v) is 24.8. The van der Waals surface area contributed by atoms with E-state index in [9.17, 15) is 0 Å². The summed E-state index contributed by atoms with van der Waals surface area (Å²) in [6.45, 7) is 5.20. The average molecular weight is 588 g/mol. The average Bonchev–Trinajstić information content (AvgIpc) is 3.59.